The van der Waals surface area contributed by atoms with Crippen LogP contribution in [0.1, 0.15) is 56.1 Å². The minimum atomic E-state index is -0.396. The molecule has 1 saturated carbocycles. The van der Waals surface area contributed by atoms with Crippen molar-refractivity contribution < 1.29 is 14.3 Å². The number of carbonyl (C=O) groups excluding carboxylic acids is 2. The lowest BCUT2D eigenvalue weighted by Crippen LogP contribution is -2.58. The van der Waals surface area contributed by atoms with Crippen LogP contribution in [0.5, 0.6) is 0 Å². The molecule has 2 aromatic carbocycles. The van der Waals surface area contributed by atoms with Crippen LogP contribution in [0.15, 0.2) is 54.6 Å². The molecule has 0 bridgehead atoms. The highest BCUT2D eigenvalue weighted by Crippen LogP contribution is 2.53. The monoisotopic (exact) mass is 480 g/mol. The Morgan fingerprint density at radius 2 is 1.85 bits per heavy atom. The number of hydrogen-bond donors (Lipinski definition) is 1. The fourth-order valence-electron chi connectivity index (χ4n) is 6.75. The van der Waals surface area contributed by atoms with Crippen LogP contribution in [0.25, 0.3) is 0 Å². The fraction of sp³-hybridized carbons (Fsp3) is 0.500. The van der Waals surface area contributed by atoms with Crippen molar-refractivity contribution in [1.29, 1.82) is 0 Å². The molecule has 3 aliphatic rings. The third-order valence-corrected chi connectivity index (χ3v) is 8.60. The molecule has 6 heteroatoms. The Hall–Kier alpha value is -2.53. The summed E-state index contributed by atoms with van der Waals surface area (Å²) < 4.78 is 6.10. The van der Waals surface area contributed by atoms with E-state index in [0.717, 1.165) is 57.1 Å². The Bertz CT molecular complexity index is 1030. The van der Waals surface area contributed by atoms with Crippen LogP contribution in [-0.4, -0.2) is 35.1 Å². The summed E-state index contributed by atoms with van der Waals surface area (Å²) in [4.78, 5) is 28.0. The molecule has 180 valence electrons. The minimum Gasteiger partial charge on any atom is -0.446 e. The number of alkyl carbamates (subject to hydrolysis) is 1. The Balaban J connectivity index is 1.36. The molecule has 5 nitrogen and oxygen atoms in total. The Kier molecular flexibility index (Phi) is 6.82. The van der Waals surface area contributed by atoms with Crippen LogP contribution in [0.4, 0.5) is 4.79 Å². The molecule has 5 rings (SSSR count). The van der Waals surface area contributed by atoms with Gasteiger partial charge in [-0.3, -0.25) is 4.79 Å². The summed E-state index contributed by atoms with van der Waals surface area (Å²) in [6.07, 6.45) is 6.71. The molecule has 2 heterocycles. The molecule has 4 atom stereocenters. The summed E-state index contributed by atoms with van der Waals surface area (Å²) in [6.45, 7) is 1.21. The average Bonchev–Trinajstić information content (AvgIpc) is 3.21. The van der Waals surface area contributed by atoms with Gasteiger partial charge in [0.1, 0.15) is 6.10 Å². The predicted molar refractivity (Wildman–Crippen MR) is 132 cm³/mol. The number of nitrogens with zero attached hydrogens (tertiary/aromatic N) is 1. The second kappa shape index (κ2) is 9.99. The number of carbonyl (C=O) groups is 2. The molecule has 2 aliphatic heterocycles. The quantitative estimate of drug-likeness (QED) is 0.592. The largest absolute Gasteiger partial charge is 0.446 e. The number of hydrogen-bond acceptors (Lipinski definition) is 3. The summed E-state index contributed by atoms with van der Waals surface area (Å²) in [5.41, 5.74) is 2.06. The average molecular weight is 481 g/mol. The van der Waals surface area contributed by atoms with Crippen LogP contribution in [-0.2, 0) is 22.5 Å². The van der Waals surface area contributed by atoms with E-state index in [9.17, 15) is 9.59 Å². The van der Waals surface area contributed by atoms with Crippen LogP contribution < -0.4 is 5.32 Å². The maximum Gasteiger partial charge on any atom is 0.407 e. The van der Waals surface area contributed by atoms with E-state index in [4.69, 9.17) is 16.3 Å². The summed E-state index contributed by atoms with van der Waals surface area (Å²) in [5.74, 6) is 0.848. The van der Waals surface area contributed by atoms with Crippen molar-refractivity contribution in [2.24, 2.45) is 11.8 Å². The van der Waals surface area contributed by atoms with Gasteiger partial charge >= 0.3 is 6.09 Å². The molecular weight excluding hydrogens is 448 g/mol. The molecule has 1 N–H and O–H groups in total. The molecule has 0 unspecified atom stereocenters. The van der Waals surface area contributed by atoms with Gasteiger partial charge in [0.05, 0.1) is 0 Å². The predicted octanol–water partition coefficient (Wildman–Crippen LogP) is 5.75. The third-order valence-electron chi connectivity index (χ3n) is 8.24. The van der Waals surface area contributed by atoms with Gasteiger partial charge in [0.25, 0.3) is 0 Å². The second-order valence-electron chi connectivity index (χ2n) is 10.0. The summed E-state index contributed by atoms with van der Waals surface area (Å²) >= 11 is 6.24. The van der Waals surface area contributed by atoms with Gasteiger partial charge in [-0.25, -0.2) is 4.79 Å². The third kappa shape index (κ3) is 4.55. The molecule has 1 aliphatic carbocycles. The zero-order valence-electron chi connectivity index (χ0n) is 19.5. The highest BCUT2D eigenvalue weighted by Gasteiger charge is 2.56. The van der Waals surface area contributed by atoms with Crippen molar-refractivity contribution in [2.75, 3.05) is 6.54 Å². The molecule has 2 aromatic rings. The molecule has 3 fully saturated rings. The zero-order valence-corrected chi connectivity index (χ0v) is 20.3. The summed E-state index contributed by atoms with van der Waals surface area (Å²) in [5, 5.41) is 3.53. The van der Waals surface area contributed by atoms with Crippen molar-refractivity contribution in [2.45, 2.75) is 69.6 Å². The van der Waals surface area contributed by atoms with Gasteiger partial charge in [-0.15, -0.1) is 0 Å². The van der Waals surface area contributed by atoms with Crippen molar-refractivity contribution in [3.63, 3.8) is 0 Å². The molecule has 2 amide bonds. The Morgan fingerprint density at radius 1 is 1.06 bits per heavy atom. The number of benzene rings is 2. The van der Waals surface area contributed by atoms with Gasteiger partial charge in [-0.1, -0.05) is 60.1 Å². The lowest BCUT2D eigenvalue weighted by Gasteiger charge is -2.52. The topological polar surface area (TPSA) is 58.6 Å². The van der Waals surface area contributed by atoms with Crippen molar-refractivity contribution in [3.8, 4) is 0 Å². The lowest BCUT2D eigenvalue weighted by molar-refractivity contribution is -0.141. The Morgan fingerprint density at radius 3 is 2.68 bits per heavy atom. The van der Waals surface area contributed by atoms with Gasteiger partial charge in [0, 0.05) is 36.0 Å². The Labute approximate surface area is 206 Å². The molecule has 2 saturated heterocycles. The molecule has 0 radical (unpaired) electrons. The maximum atomic E-state index is 12.9. The second-order valence-corrected chi connectivity index (χ2v) is 10.4. The first-order valence-corrected chi connectivity index (χ1v) is 13.0. The summed E-state index contributed by atoms with van der Waals surface area (Å²) in [6, 6.07) is 18.0. The molecular formula is C28H33ClN2O3. The van der Waals surface area contributed by atoms with E-state index in [-0.39, 0.29) is 17.6 Å². The highest BCUT2D eigenvalue weighted by atomic mass is 35.5. The molecule has 0 aromatic heterocycles. The van der Waals surface area contributed by atoms with Crippen molar-refractivity contribution in [1.82, 2.24) is 10.2 Å². The minimum absolute atomic E-state index is 0.0685. The zero-order chi connectivity index (χ0) is 23.5. The van der Waals surface area contributed by atoms with E-state index in [1.807, 2.05) is 30.3 Å². The van der Waals surface area contributed by atoms with E-state index in [1.165, 1.54) is 5.56 Å². The first-order valence-electron chi connectivity index (χ1n) is 12.6. The lowest BCUT2D eigenvalue weighted by atomic mass is 9.62. The van der Waals surface area contributed by atoms with Gasteiger partial charge in [-0.2, -0.15) is 0 Å². The number of rotatable bonds is 5. The fourth-order valence-corrected chi connectivity index (χ4v) is 6.96. The van der Waals surface area contributed by atoms with Gasteiger partial charge < -0.3 is 15.0 Å². The van der Waals surface area contributed by atoms with Crippen LogP contribution in [0.3, 0.4) is 0 Å². The number of halogens is 1. The number of ether oxygens (including phenoxy) is 1. The molecule has 1 spiro atoms. The van der Waals surface area contributed by atoms with Gasteiger partial charge in [-0.05, 0) is 68.1 Å². The van der Waals surface area contributed by atoms with Crippen LogP contribution in [0.2, 0.25) is 5.02 Å². The first-order chi connectivity index (χ1) is 16.6. The number of nitrogens with one attached hydrogen (secondary N) is 1. The van der Waals surface area contributed by atoms with E-state index in [1.54, 1.807) is 0 Å². The van der Waals surface area contributed by atoms with Gasteiger partial charge in [0.15, 0.2) is 0 Å². The van der Waals surface area contributed by atoms with Crippen LogP contribution in [0, 0.1) is 11.8 Å². The highest BCUT2D eigenvalue weighted by molar-refractivity contribution is 6.31. The van der Waals surface area contributed by atoms with E-state index in [2.05, 4.69) is 34.5 Å². The smallest absolute Gasteiger partial charge is 0.407 e. The van der Waals surface area contributed by atoms with Crippen molar-refractivity contribution in [3.05, 3.63) is 70.7 Å². The van der Waals surface area contributed by atoms with Gasteiger partial charge in [0.2, 0.25) is 5.91 Å². The van der Waals surface area contributed by atoms with E-state index in [0.29, 0.717) is 29.8 Å². The number of amides is 2. The standard InChI is InChI=1S/C28H33ClN2O3/c29-24-12-5-4-10-21(24)19-30-27(33)34-25-14-16-28-15-7-17-31(28)26(32)13-6-11-23(28)22(25)18-20-8-2-1-3-9-20/h1-5,8-10,12,22-23,25H,6-7,11,13-19H2,(H,30,33)/t22-,23+,25+,28-/m1/s1. The SMILES string of the molecule is O=C(NCc1ccccc1Cl)O[C@H]1CC[C@@]23CCCN2C(=O)CCC[C@H]3[C@H]1Cc1ccccc1. The van der Waals surface area contributed by atoms with Crippen molar-refractivity contribution >= 4 is 23.6 Å². The first kappa shape index (κ1) is 23.2. The van der Waals surface area contributed by atoms with E-state index >= 15 is 0 Å². The van der Waals surface area contributed by atoms with E-state index < -0.39 is 6.09 Å². The normalized spacial score (nSPS) is 28.6. The molecule has 34 heavy (non-hydrogen) atoms. The maximum absolute atomic E-state index is 12.9. The van der Waals surface area contributed by atoms with Crippen LogP contribution >= 0.6 is 11.6 Å². The summed E-state index contributed by atoms with van der Waals surface area (Å²) in [7, 11) is 0.